The number of fused-ring (bicyclic) bond motifs is 1. The standard InChI is InChI=1S/C16H26N2O5/c1-23-11-15(3-2-4-15)13(20)18-8-12-7-17(5-6-19)9-16(12,10-18)14(21)22/h12,19H,2-11H2,1H3,(H,21,22). The van der Waals surface area contributed by atoms with Crippen molar-refractivity contribution in [3.63, 3.8) is 0 Å². The Morgan fingerprint density at radius 1 is 1.26 bits per heavy atom. The molecule has 130 valence electrons. The molecule has 3 rings (SSSR count). The molecule has 7 nitrogen and oxygen atoms in total. The van der Waals surface area contributed by atoms with Crippen LogP contribution in [0.3, 0.4) is 0 Å². The van der Waals surface area contributed by atoms with Crippen LogP contribution in [0, 0.1) is 16.7 Å². The lowest BCUT2D eigenvalue weighted by molar-refractivity contribution is -0.153. The predicted octanol–water partition coefficient (Wildman–Crippen LogP) is -0.360. The summed E-state index contributed by atoms with van der Waals surface area (Å²) in [5.74, 6) is -0.822. The molecule has 3 fully saturated rings. The van der Waals surface area contributed by atoms with E-state index in [9.17, 15) is 14.7 Å². The Morgan fingerprint density at radius 3 is 2.48 bits per heavy atom. The fraction of sp³-hybridized carbons (Fsp3) is 0.875. The summed E-state index contributed by atoms with van der Waals surface area (Å²) < 4.78 is 5.25. The average molecular weight is 326 g/mol. The minimum absolute atomic E-state index is 0.0298. The second kappa shape index (κ2) is 6.03. The Hall–Kier alpha value is -1.18. The van der Waals surface area contributed by atoms with Crippen molar-refractivity contribution in [3.05, 3.63) is 0 Å². The van der Waals surface area contributed by atoms with Gasteiger partial charge in [-0.1, -0.05) is 6.42 Å². The molecule has 2 N–H and O–H groups in total. The molecule has 2 aliphatic heterocycles. The molecule has 1 amide bonds. The lowest BCUT2D eigenvalue weighted by Crippen LogP contribution is -2.51. The molecule has 0 radical (unpaired) electrons. The normalized spacial score (nSPS) is 32.6. The summed E-state index contributed by atoms with van der Waals surface area (Å²) >= 11 is 0. The molecule has 7 heteroatoms. The van der Waals surface area contributed by atoms with Gasteiger partial charge in [0.2, 0.25) is 5.91 Å². The molecule has 2 atom stereocenters. The maximum Gasteiger partial charge on any atom is 0.313 e. The molecule has 2 saturated heterocycles. The highest BCUT2D eigenvalue weighted by Gasteiger charge is 2.60. The summed E-state index contributed by atoms with van der Waals surface area (Å²) in [7, 11) is 1.61. The summed E-state index contributed by atoms with van der Waals surface area (Å²) in [6.45, 7) is 2.76. The van der Waals surface area contributed by atoms with Gasteiger partial charge in [-0.3, -0.25) is 14.5 Å². The van der Waals surface area contributed by atoms with Gasteiger partial charge in [-0.15, -0.1) is 0 Å². The summed E-state index contributed by atoms with van der Waals surface area (Å²) in [6.07, 6.45) is 2.69. The monoisotopic (exact) mass is 326 g/mol. The van der Waals surface area contributed by atoms with Gasteiger partial charge < -0.3 is 19.8 Å². The van der Waals surface area contributed by atoms with Crippen molar-refractivity contribution in [2.75, 3.05) is 53.0 Å². The van der Waals surface area contributed by atoms with E-state index in [4.69, 9.17) is 9.84 Å². The van der Waals surface area contributed by atoms with Crippen LogP contribution in [0.2, 0.25) is 0 Å². The van der Waals surface area contributed by atoms with Gasteiger partial charge in [-0.2, -0.15) is 0 Å². The van der Waals surface area contributed by atoms with Crippen LogP contribution in [0.5, 0.6) is 0 Å². The number of carboxylic acid groups (broad SMARTS) is 1. The van der Waals surface area contributed by atoms with Crippen LogP contribution in [0.15, 0.2) is 0 Å². The van der Waals surface area contributed by atoms with Gasteiger partial charge in [0.05, 0.1) is 18.6 Å². The first kappa shape index (κ1) is 16.7. The number of carbonyl (C=O) groups is 2. The molecular formula is C16H26N2O5. The van der Waals surface area contributed by atoms with E-state index in [0.29, 0.717) is 32.8 Å². The van der Waals surface area contributed by atoms with Crippen molar-refractivity contribution < 1.29 is 24.5 Å². The number of β-amino-alcohol motifs (C(OH)–C–C–N with tert-alkyl or cyclic N) is 1. The van der Waals surface area contributed by atoms with Crippen LogP contribution in [-0.4, -0.2) is 84.9 Å². The first-order valence-electron chi connectivity index (χ1n) is 8.32. The van der Waals surface area contributed by atoms with Crippen LogP contribution in [0.25, 0.3) is 0 Å². The zero-order valence-electron chi connectivity index (χ0n) is 13.7. The molecule has 0 spiro atoms. The fourth-order valence-electron chi connectivity index (χ4n) is 4.57. The van der Waals surface area contributed by atoms with Gasteiger partial charge in [0, 0.05) is 45.8 Å². The number of likely N-dealkylation sites (tertiary alicyclic amines) is 2. The summed E-state index contributed by atoms with van der Waals surface area (Å²) in [5.41, 5.74) is -1.32. The van der Waals surface area contributed by atoms with E-state index in [-0.39, 0.29) is 25.0 Å². The lowest BCUT2D eigenvalue weighted by Gasteiger charge is -2.42. The summed E-state index contributed by atoms with van der Waals surface area (Å²) in [4.78, 5) is 28.6. The first-order chi connectivity index (χ1) is 11.0. The number of ether oxygens (including phenoxy) is 1. The van der Waals surface area contributed by atoms with Crippen LogP contribution >= 0.6 is 0 Å². The lowest BCUT2D eigenvalue weighted by atomic mass is 9.68. The minimum atomic E-state index is -0.886. The van der Waals surface area contributed by atoms with Crippen LogP contribution < -0.4 is 0 Å². The number of aliphatic carboxylic acids is 1. The number of nitrogens with zero attached hydrogens (tertiary/aromatic N) is 2. The Morgan fingerprint density at radius 2 is 2.00 bits per heavy atom. The van der Waals surface area contributed by atoms with Crippen molar-refractivity contribution in [1.82, 2.24) is 9.80 Å². The molecule has 1 aliphatic carbocycles. The van der Waals surface area contributed by atoms with E-state index in [1.807, 2.05) is 4.90 Å². The smallest absolute Gasteiger partial charge is 0.313 e. The molecule has 3 aliphatic rings. The Kier molecular flexibility index (Phi) is 4.37. The topological polar surface area (TPSA) is 90.3 Å². The van der Waals surface area contributed by atoms with Gasteiger partial charge in [-0.25, -0.2) is 0 Å². The second-order valence-electron chi connectivity index (χ2n) is 7.37. The average Bonchev–Trinajstić information content (AvgIpc) is 2.97. The number of methoxy groups -OCH3 is 1. The Labute approximate surface area is 136 Å². The third-order valence-corrected chi connectivity index (χ3v) is 5.99. The quantitative estimate of drug-likeness (QED) is 0.693. The Balaban J connectivity index is 1.74. The van der Waals surface area contributed by atoms with Crippen LogP contribution in [0.4, 0.5) is 0 Å². The van der Waals surface area contributed by atoms with Crippen molar-refractivity contribution in [2.24, 2.45) is 16.7 Å². The first-order valence-corrected chi connectivity index (χ1v) is 8.32. The summed E-state index contributed by atoms with van der Waals surface area (Å²) in [6, 6.07) is 0. The Bertz CT molecular complexity index is 493. The van der Waals surface area contributed by atoms with Gasteiger partial charge in [0.1, 0.15) is 5.41 Å². The van der Waals surface area contributed by atoms with Crippen molar-refractivity contribution in [3.8, 4) is 0 Å². The number of hydrogen-bond acceptors (Lipinski definition) is 5. The van der Waals surface area contributed by atoms with E-state index < -0.39 is 16.8 Å². The zero-order valence-corrected chi connectivity index (χ0v) is 13.7. The molecule has 0 bridgehead atoms. The predicted molar refractivity (Wildman–Crippen MR) is 81.8 cm³/mol. The van der Waals surface area contributed by atoms with Gasteiger partial charge in [-0.05, 0) is 12.8 Å². The molecule has 0 aromatic rings. The number of hydrogen-bond donors (Lipinski definition) is 2. The third-order valence-electron chi connectivity index (χ3n) is 5.99. The highest BCUT2D eigenvalue weighted by atomic mass is 16.5. The van der Waals surface area contributed by atoms with Crippen molar-refractivity contribution in [1.29, 1.82) is 0 Å². The third kappa shape index (κ3) is 2.55. The van der Waals surface area contributed by atoms with E-state index in [2.05, 4.69) is 0 Å². The molecule has 2 heterocycles. The number of rotatable bonds is 6. The SMILES string of the molecule is COCC1(C(=O)N2CC3CN(CCO)CC3(C(=O)O)C2)CCC1. The van der Waals surface area contributed by atoms with Crippen molar-refractivity contribution >= 4 is 11.9 Å². The number of aliphatic hydroxyl groups excluding tert-OH is 1. The van der Waals surface area contributed by atoms with Gasteiger partial charge >= 0.3 is 5.97 Å². The summed E-state index contributed by atoms with van der Waals surface area (Å²) in [5, 5.41) is 18.9. The zero-order chi connectivity index (χ0) is 16.7. The molecule has 23 heavy (non-hydrogen) atoms. The van der Waals surface area contributed by atoms with Crippen LogP contribution in [0.1, 0.15) is 19.3 Å². The molecule has 0 aromatic heterocycles. The fourth-order valence-corrected chi connectivity index (χ4v) is 4.57. The molecule has 2 unspecified atom stereocenters. The highest BCUT2D eigenvalue weighted by Crippen LogP contribution is 2.47. The molecule has 0 aromatic carbocycles. The number of amides is 1. The molecular weight excluding hydrogens is 300 g/mol. The number of carbonyl (C=O) groups excluding carboxylic acids is 1. The molecule has 1 saturated carbocycles. The van der Waals surface area contributed by atoms with Gasteiger partial charge in [0.25, 0.3) is 0 Å². The van der Waals surface area contributed by atoms with E-state index in [0.717, 1.165) is 19.3 Å². The maximum atomic E-state index is 12.9. The second-order valence-corrected chi connectivity index (χ2v) is 7.37. The maximum absolute atomic E-state index is 12.9. The largest absolute Gasteiger partial charge is 0.481 e. The van der Waals surface area contributed by atoms with Crippen molar-refractivity contribution in [2.45, 2.75) is 19.3 Å². The number of aliphatic hydroxyl groups is 1. The number of carboxylic acids is 1. The van der Waals surface area contributed by atoms with E-state index >= 15 is 0 Å². The van der Waals surface area contributed by atoms with E-state index in [1.165, 1.54) is 0 Å². The minimum Gasteiger partial charge on any atom is -0.481 e. The van der Waals surface area contributed by atoms with E-state index in [1.54, 1.807) is 12.0 Å². The van der Waals surface area contributed by atoms with Gasteiger partial charge in [0.15, 0.2) is 0 Å². The van der Waals surface area contributed by atoms with Crippen LogP contribution in [-0.2, 0) is 14.3 Å². The highest BCUT2D eigenvalue weighted by molar-refractivity contribution is 5.86.